The van der Waals surface area contributed by atoms with E-state index in [4.69, 9.17) is 0 Å². The van der Waals surface area contributed by atoms with E-state index in [0.29, 0.717) is 6.04 Å². The highest BCUT2D eigenvalue weighted by atomic mass is 15.1. The maximum Gasteiger partial charge on any atom is 0.0946 e. The standard InChI is InChI=1S/C14H23N3/c1-15-14(13-10-16-11-17(13)2)12-8-6-4-3-5-7-9-12/h8,10-11,14-15H,3-7,9H2,1-2H3. The first-order valence-corrected chi connectivity index (χ1v) is 6.65. The first kappa shape index (κ1) is 12.4. The lowest BCUT2D eigenvalue weighted by Gasteiger charge is -2.22. The van der Waals surface area contributed by atoms with Gasteiger partial charge in [0.25, 0.3) is 0 Å². The Hall–Kier alpha value is -1.09. The monoisotopic (exact) mass is 233 g/mol. The Kier molecular flexibility index (Phi) is 4.37. The van der Waals surface area contributed by atoms with Crippen LogP contribution in [-0.2, 0) is 7.05 Å². The van der Waals surface area contributed by atoms with Crippen LogP contribution in [0.25, 0.3) is 0 Å². The van der Waals surface area contributed by atoms with Gasteiger partial charge in [-0.1, -0.05) is 24.5 Å². The summed E-state index contributed by atoms with van der Waals surface area (Å²) in [5.74, 6) is 0. The van der Waals surface area contributed by atoms with E-state index in [9.17, 15) is 0 Å². The van der Waals surface area contributed by atoms with Gasteiger partial charge in [0.1, 0.15) is 0 Å². The predicted molar refractivity (Wildman–Crippen MR) is 70.8 cm³/mol. The molecule has 1 unspecified atom stereocenters. The summed E-state index contributed by atoms with van der Waals surface area (Å²) in [7, 11) is 4.10. The first-order chi connectivity index (χ1) is 8.33. The van der Waals surface area contributed by atoms with Gasteiger partial charge in [-0.25, -0.2) is 4.98 Å². The normalized spacial score (nSPS) is 19.3. The fourth-order valence-electron chi connectivity index (χ4n) is 2.65. The summed E-state index contributed by atoms with van der Waals surface area (Å²) < 4.78 is 2.11. The van der Waals surface area contributed by atoms with Gasteiger partial charge in [-0.2, -0.15) is 0 Å². The van der Waals surface area contributed by atoms with Gasteiger partial charge in [0, 0.05) is 7.05 Å². The molecule has 0 fully saturated rings. The maximum atomic E-state index is 4.22. The molecule has 1 N–H and O–H groups in total. The van der Waals surface area contributed by atoms with Crippen LogP contribution in [0.2, 0.25) is 0 Å². The molecule has 2 rings (SSSR count). The molecule has 0 spiro atoms. The minimum absolute atomic E-state index is 0.334. The van der Waals surface area contributed by atoms with Crippen LogP contribution in [0, 0.1) is 0 Å². The predicted octanol–water partition coefficient (Wildman–Crippen LogP) is 2.96. The highest BCUT2D eigenvalue weighted by molar-refractivity contribution is 5.21. The summed E-state index contributed by atoms with van der Waals surface area (Å²) in [6, 6.07) is 0.334. The molecule has 1 aromatic rings. The summed E-state index contributed by atoms with van der Waals surface area (Å²) in [6.45, 7) is 0. The molecule has 1 heterocycles. The topological polar surface area (TPSA) is 29.9 Å². The molecule has 17 heavy (non-hydrogen) atoms. The molecule has 0 saturated heterocycles. The second-order valence-corrected chi connectivity index (χ2v) is 4.88. The molecule has 0 bridgehead atoms. The van der Waals surface area contributed by atoms with Crippen LogP contribution in [0.5, 0.6) is 0 Å². The van der Waals surface area contributed by atoms with E-state index in [1.165, 1.54) is 49.8 Å². The number of rotatable bonds is 3. The quantitative estimate of drug-likeness (QED) is 0.813. The van der Waals surface area contributed by atoms with E-state index >= 15 is 0 Å². The Bertz CT molecular complexity index is 379. The van der Waals surface area contributed by atoms with Crippen molar-refractivity contribution in [2.24, 2.45) is 7.05 Å². The summed E-state index contributed by atoms with van der Waals surface area (Å²) in [5, 5.41) is 3.43. The number of hydrogen-bond donors (Lipinski definition) is 1. The van der Waals surface area contributed by atoms with Gasteiger partial charge in [0.2, 0.25) is 0 Å². The van der Waals surface area contributed by atoms with Crippen molar-refractivity contribution in [3.63, 3.8) is 0 Å². The van der Waals surface area contributed by atoms with Crippen LogP contribution in [0.15, 0.2) is 24.2 Å². The van der Waals surface area contributed by atoms with E-state index < -0.39 is 0 Å². The molecule has 1 aromatic heterocycles. The maximum absolute atomic E-state index is 4.22. The molecule has 1 aliphatic carbocycles. The molecule has 0 aromatic carbocycles. The summed E-state index contributed by atoms with van der Waals surface area (Å²) >= 11 is 0. The van der Waals surface area contributed by atoms with E-state index in [2.05, 4.69) is 28.0 Å². The van der Waals surface area contributed by atoms with Crippen molar-refractivity contribution in [3.8, 4) is 0 Å². The van der Waals surface area contributed by atoms with Crippen molar-refractivity contribution in [3.05, 3.63) is 29.9 Å². The van der Waals surface area contributed by atoms with Crippen molar-refractivity contribution in [2.45, 2.75) is 44.6 Å². The van der Waals surface area contributed by atoms with Gasteiger partial charge in [0.05, 0.1) is 24.3 Å². The lowest BCUT2D eigenvalue weighted by Crippen LogP contribution is -2.21. The number of aromatic nitrogens is 2. The minimum atomic E-state index is 0.334. The highest BCUT2D eigenvalue weighted by Gasteiger charge is 2.17. The Morgan fingerprint density at radius 2 is 2.12 bits per heavy atom. The number of allylic oxidation sites excluding steroid dienone is 1. The van der Waals surface area contributed by atoms with Gasteiger partial charge < -0.3 is 9.88 Å². The van der Waals surface area contributed by atoms with Crippen LogP contribution < -0.4 is 5.32 Å². The minimum Gasteiger partial charge on any atom is -0.336 e. The van der Waals surface area contributed by atoms with Crippen molar-refractivity contribution >= 4 is 0 Å². The van der Waals surface area contributed by atoms with Crippen LogP contribution in [-0.4, -0.2) is 16.6 Å². The SMILES string of the molecule is CNC(C1=CCCCCCC1)c1cncn1C. The average Bonchev–Trinajstić information content (AvgIpc) is 2.69. The first-order valence-electron chi connectivity index (χ1n) is 6.65. The molecule has 0 aliphatic heterocycles. The van der Waals surface area contributed by atoms with Gasteiger partial charge in [0.15, 0.2) is 0 Å². The molecule has 94 valence electrons. The molecule has 3 nitrogen and oxygen atoms in total. The fourth-order valence-corrected chi connectivity index (χ4v) is 2.65. The molecule has 0 amide bonds. The summed E-state index contributed by atoms with van der Waals surface area (Å²) in [4.78, 5) is 4.22. The van der Waals surface area contributed by atoms with Crippen LogP contribution in [0.1, 0.15) is 50.3 Å². The van der Waals surface area contributed by atoms with Crippen LogP contribution in [0.4, 0.5) is 0 Å². The van der Waals surface area contributed by atoms with Crippen LogP contribution >= 0.6 is 0 Å². The van der Waals surface area contributed by atoms with Crippen molar-refractivity contribution in [1.82, 2.24) is 14.9 Å². The van der Waals surface area contributed by atoms with Gasteiger partial charge in [-0.15, -0.1) is 0 Å². The smallest absolute Gasteiger partial charge is 0.0946 e. The number of nitrogens with one attached hydrogen (secondary N) is 1. The van der Waals surface area contributed by atoms with E-state index in [0.717, 1.165) is 0 Å². The molecular formula is C14H23N3. The fraction of sp³-hybridized carbons (Fsp3) is 0.643. The van der Waals surface area contributed by atoms with E-state index in [1.54, 1.807) is 0 Å². The third-order valence-corrected chi connectivity index (χ3v) is 3.64. The lowest BCUT2D eigenvalue weighted by molar-refractivity contribution is 0.557. The van der Waals surface area contributed by atoms with E-state index in [1.807, 2.05) is 19.6 Å². The largest absolute Gasteiger partial charge is 0.336 e. The van der Waals surface area contributed by atoms with Gasteiger partial charge in [-0.05, 0) is 32.7 Å². The van der Waals surface area contributed by atoms with Crippen molar-refractivity contribution in [2.75, 3.05) is 7.05 Å². The average molecular weight is 233 g/mol. The third-order valence-electron chi connectivity index (χ3n) is 3.64. The summed E-state index contributed by atoms with van der Waals surface area (Å²) in [5.41, 5.74) is 2.80. The zero-order valence-electron chi connectivity index (χ0n) is 10.9. The van der Waals surface area contributed by atoms with Gasteiger partial charge >= 0.3 is 0 Å². The van der Waals surface area contributed by atoms with Crippen molar-refractivity contribution in [1.29, 1.82) is 0 Å². The number of aryl methyl sites for hydroxylation is 1. The van der Waals surface area contributed by atoms with Crippen LogP contribution in [0.3, 0.4) is 0 Å². The molecular weight excluding hydrogens is 210 g/mol. The number of likely N-dealkylation sites (N-methyl/N-ethyl adjacent to an activating group) is 1. The second-order valence-electron chi connectivity index (χ2n) is 4.88. The van der Waals surface area contributed by atoms with E-state index in [-0.39, 0.29) is 0 Å². The second kappa shape index (κ2) is 6.01. The Balaban J connectivity index is 2.19. The highest BCUT2D eigenvalue weighted by Crippen LogP contribution is 2.28. The number of hydrogen-bond acceptors (Lipinski definition) is 2. The van der Waals surface area contributed by atoms with Gasteiger partial charge in [-0.3, -0.25) is 0 Å². The number of nitrogens with zero attached hydrogens (tertiary/aromatic N) is 2. The molecule has 1 aliphatic rings. The zero-order valence-corrected chi connectivity index (χ0v) is 10.9. The molecule has 0 radical (unpaired) electrons. The Morgan fingerprint density at radius 3 is 2.82 bits per heavy atom. The molecule has 0 saturated carbocycles. The van der Waals surface area contributed by atoms with Crippen molar-refractivity contribution < 1.29 is 0 Å². The molecule has 3 heteroatoms. The summed E-state index contributed by atoms with van der Waals surface area (Å²) in [6.07, 6.45) is 14.2. The number of imidazole rings is 1. The Labute approximate surface area is 104 Å². The zero-order chi connectivity index (χ0) is 12.1. The molecule has 1 atom stereocenters. The Morgan fingerprint density at radius 1 is 1.29 bits per heavy atom. The third kappa shape index (κ3) is 2.97. The lowest BCUT2D eigenvalue weighted by atomic mass is 9.93.